The number of hydrogen-bond donors (Lipinski definition) is 0. The SMILES string of the molecule is CCCCCC(C)OC(=O)CCC(=O)OCc1ccc2ccccc2c1. The predicted octanol–water partition coefficient (Wildman–Crippen LogP) is 5.18. The second kappa shape index (κ2) is 10.6. The van der Waals surface area contributed by atoms with Gasteiger partial charge in [0.15, 0.2) is 0 Å². The van der Waals surface area contributed by atoms with Gasteiger partial charge in [-0.05, 0) is 42.2 Å². The molecule has 1 atom stereocenters. The lowest BCUT2D eigenvalue weighted by Crippen LogP contribution is -2.16. The summed E-state index contributed by atoms with van der Waals surface area (Å²) in [6, 6.07) is 14.0. The monoisotopic (exact) mass is 356 g/mol. The second-order valence-electron chi connectivity index (χ2n) is 6.64. The predicted molar refractivity (Wildman–Crippen MR) is 103 cm³/mol. The summed E-state index contributed by atoms with van der Waals surface area (Å²) in [4.78, 5) is 23.6. The van der Waals surface area contributed by atoms with E-state index in [-0.39, 0.29) is 37.5 Å². The van der Waals surface area contributed by atoms with Gasteiger partial charge in [0.1, 0.15) is 6.61 Å². The minimum absolute atomic E-state index is 0.0497. The van der Waals surface area contributed by atoms with Gasteiger partial charge in [-0.2, -0.15) is 0 Å². The number of fused-ring (bicyclic) bond motifs is 1. The second-order valence-corrected chi connectivity index (χ2v) is 6.64. The lowest BCUT2D eigenvalue weighted by Gasteiger charge is -2.12. The zero-order valence-electron chi connectivity index (χ0n) is 15.7. The molecule has 2 aromatic carbocycles. The molecule has 0 aliphatic carbocycles. The molecule has 0 saturated carbocycles. The Labute approximate surface area is 155 Å². The van der Waals surface area contributed by atoms with Gasteiger partial charge in [0.05, 0.1) is 18.9 Å². The van der Waals surface area contributed by atoms with E-state index >= 15 is 0 Å². The summed E-state index contributed by atoms with van der Waals surface area (Å²) >= 11 is 0. The van der Waals surface area contributed by atoms with Crippen LogP contribution in [0.25, 0.3) is 10.8 Å². The van der Waals surface area contributed by atoms with Crippen LogP contribution in [0.4, 0.5) is 0 Å². The van der Waals surface area contributed by atoms with E-state index in [0.29, 0.717) is 0 Å². The van der Waals surface area contributed by atoms with Gasteiger partial charge in [-0.15, -0.1) is 0 Å². The molecule has 0 radical (unpaired) electrons. The third-order valence-electron chi connectivity index (χ3n) is 4.29. The number of ether oxygens (including phenoxy) is 2. The van der Waals surface area contributed by atoms with Gasteiger partial charge in [-0.1, -0.05) is 56.2 Å². The van der Waals surface area contributed by atoms with Gasteiger partial charge in [-0.25, -0.2) is 0 Å². The Morgan fingerprint density at radius 2 is 1.69 bits per heavy atom. The Hall–Kier alpha value is -2.36. The molecule has 2 rings (SSSR count). The maximum atomic E-state index is 11.9. The van der Waals surface area contributed by atoms with Gasteiger partial charge in [0.25, 0.3) is 0 Å². The minimum Gasteiger partial charge on any atom is -0.463 e. The standard InChI is InChI=1S/C22H28O4/c1-3-4-5-8-17(2)26-22(24)14-13-21(23)25-16-18-11-12-19-9-6-7-10-20(19)15-18/h6-7,9-12,15,17H,3-5,8,13-14,16H2,1-2H3. The molecule has 0 aliphatic rings. The van der Waals surface area contributed by atoms with E-state index in [2.05, 4.69) is 6.92 Å². The quantitative estimate of drug-likeness (QED) is 0.435. The molecule has 1 unspecified atom stereocenters. The average Bonchev–Trinajstić information content (AvgIpc) is 2.64. The summed E-state index contributed by atoms with van der Waals surface area (Å²) in [5, 5.41) is 2.26. The highest BCUT2D eigenvalue weighted by Gasteiger charge is 2.12. The van der Waals surface area contributed by atoms with Crippen molar-refractivity contribution in [2.45, 2.75) is 65.1 Å². The Morgan fingerprint density at radius 3 is 2.46 bits per heavy atom. The van der Waals surface area contributed by atoms with Crippen molar-refractivity contribution in [1.29, 1.82) is 0 Å². The highest BCUT2D eigenvalue weighted by atomic mass is 16.5. The molecular formula is C22H28O4. The third-order valence-corrected chi connectivity index (χ3v) is 4.29. The number of carbonyl (C=O) groups excluding carboxylic acids is 2. The molecule has 0 aliphatic heterocycles. The van der Waals surface area contributed by atoms with E-state index in [1.165, 1.54) is 0 Å². The molecule has 26 heavy (non-hydrogen) atoms. The van der Waals surface area contributed by atoms with E-state index in [1.54, 1.807) is 0 Å². The first-order valence-corrected chi connectivity index (χ1v) is 9.41. The van der Waals surface area contributed by atoms with Crippen LogP contribution in [0, 0.1) is 0 Å². The molecular weight excluding hydrogens is 328 g/mol. The topological polar surface area (TPSA) is 52.6 Å². The van der Waals surface area contributed by atoms with E-state index in [1.807, 2.05) is 49.4 Å². The molecule has 140 valence electrons. The van der Waals surface area contributed by atoms with Gasteiger partial charge in [0.2, 0.25) is 0 Å². The van der Waals surface area contributed by atoms with Crippen LogP contribution >= 0.6 is 0 Å². The highest BCUT2D eigenvalue weighted by molar-refractivity contribution is 5.83. The number of benzene rings is 2. The van der Waals surface area contributed by atoms with Crippen molar-refractivity contribution in [1.82, 2.24) is 0 Å². The maximum Gasteiger partial charge on any atom is 0.306 e. The Balaban J connectivity index is 1.68. The summed E-state index contributed by atoms with van der Waals surface area (Å²) in [6.45, 7) is 4.25. The van der Waals surface area contributed by atoms with E-state index in [4.69, 9.17) is 9.47 Å². The molecule has 0 heterocycles. The molecule has 4 nitrogen and oxygen atoms in total. The van der Waals surface area contributed by atoms with Crippen molar-refractivity contribution < 1.29 is 19.1 Å². The first-order chi connectivity index (χ1) is 12.6. The molecule has 0 saturated heterocycles. The van der Waals surface area contributed by atoms with Crippen molar-refractivity contribution in [2.24, 2.45) is 0 Å². The fourth-order valence-electron chi connectivity index (χ4n) is 2.79. The summed E-state index contributed by atoms with van der Waals surface area (Å²) < 4.78 is 10.6. The van der Waals surface area contributed by atoms with Crippen LogP contribution in [0.2, 0.25) is 0 Å². The van der Waals surface area contributed by atoms with Crippen molar-refractivity contribution in [3.63, 3.8) is 0 Å². The Kier molecular flexibility index (Phi) is 8.13. The van der Waals surface area contributed by atoms with Gasteiger partial charge < -0.3 is 9.47 Å². The van der Waals surface area contributed by atoms with Gasteiger partial charge in [-0.3, -0.25) is 9.59 Å². The Morgan fingerprint density at radius 1 is 0.962 bits per heavy atom. The van der Waals surface area contributed by atoms with Crippen molar-refractivity contribution in [2.75, 3.05) is 0 Å². The van der Waals surface area contributed by atoms with Crippen molar-refractivity contribution in [3.8, 4) is 0 Å². The molecule has 0 spiro atoms. The normalized spacial score (nSPS) is 11.9. The fourth-order valence-corrected chi connectivity index (χ4v) is 2.79. The van der Waals surface area contributed by atoms with Gasteiger partial charge >= 0.3 is 11.9 Å². The summed E-state index contributed by atoms with van der Waals surface area (Å²) in [6.07, 6.45) is 4.22. The maximum absolute atomic E-state index is 11.9. The molecule has 0 amide bonds. The van der Waals surface area contributed by atoms with Crippen LogP contribution in [0.5, 0.6) is 0 Å². The highest BCUT2D eigenvalue weighted by Crippen LogP contribution is 2.16. The lowest BCUT2D eigenvalue weighted by atomic mass is 10.1. The summed E-state index contributed by atoms with van der Waals surface area (Å²) in [5.41, 5.74) is 0.934. The molecule has 4 heteroatoms. The van der Waals surface area contributed by atoms with E-state index in [0.717, 1.165) is 42.0 Å². The van der Waals surface area contributed by atoms with Crippen LogP contribution in [0.1, 0.15) is 57.9 Å². The number of hydrogen-bond acceptors (Lipinski definition) is 4. The molecule has 0 fully saturated rings. The number of carbonyl (C=O) groups is 2. The molecule has 0 bridgehead atoms. The zero-order valence-corrected chi connectivity index (χ0v) is 15.7. The van der Waals surface area contributed by atoms with Crippen LogP contribution < -0.4 is 0 Å². The smallest absolute Gasteiger partial charge is 0.306 e. The fraction of sp³-hybridized carbons (Fsp3) is 0.455. The molecule has 0 aromatic heterocycles. The summed E-state index contributed by atoms with van der Waals surface area (Å²) in [7, 11) is 0. The zero-order chi connectivity index (χ0) is 18.8. The average molecular weight is 356 g/mol. The van der Waals surface area contributed by atoms with Crippen LogP contribution in [0.15, 0.2) is 42.5 Å². The van der Waals surface area contributed by atoms with Crippen LogP contribution in [0.3, 0.4) is 0 Å². The minimum atomic E-state index is -0.381. The first-order valence-electron chi connectivity index (χ1n) is 9.41. The molecule has 2 aromatic rings. The molecule has 0 N–H and O–H groups in total. The largest absolute Gasteiger partial charge is 0.463 e. The van der Waals surface area contributed by atoms with Crippen LogP contribution in [-0.2, 0) is 25.7 Å². The number of esters is 2. The number of unbranched alkanes of at least 4 members (excludes halogenated alkanes) is 2. The Bertz CT molecular complexity index is 723. The van der Waals surface area contributed by atoms with E-state index in [9.17, 15) is 9.59 Å². The van der Waals surface area contributed by atoms with Crippen molar-refractivity contribution >= 4 is 22.7 Å². The lowest BCUT2D eigenvalue weighted by molar-refractivity contribution is -0.153. The number of rotatable bonds is 10. The first kappa shape index (κ1) is 20.0. The van der Waals surface area contributed by atoms with Crippen LogP contribution in [-0.4, -0.2) is 18.0 Å². The summed E-state index contributed by atoms with van der Waals surface area (Å²) in [5.74, 6) is -0.717. The third kappa shape index (κ3) is 6.87. The van der Waals surface area contributed by atoms with E-state index < -0.39 is 0 Å². The van der Waals surface area contributed by atoms with Crippen molar-refractivity contribution in [3.05, 3.63) is 48.0 Å². The van der Waals surface area contributed by atoms with Gasteiger partial charge in [0, 0.05) is 0 Å².